The number of amidine groups is 4. The van der Waals surface area contributed by atoms with E-state index in [2.05, 4.69) is 50.1 Å². The van der Waals surface area contributed by atoms with E-state index in [1.807, 2.05) is 97.1 Å². The van der Waals surface area contributed by atoms with Crippen molar-refractivity contribution in [1.29, 1.82) is 0 Å². The molecule has 0 fully saturated rings. The predicted octanol–water partition coefficient (Wildman–Crippen LogP) is 7.44. The van der Waals surface area contributed by atoms with Gasteiger partial charge in [-0.05, 0) is 0 Å². The average Bonchev–Trinajstić information content (AvgIpc) is 1.48. The van der Waals surface area contributed by atoms with Crippen molar-refractivity contribution in [3.8, 4) is 0 Å². The molecule has 0 amide bonds. The molecule has 4 aromatic carbocycles. The molecule has 4 N–H and O–H groups in total. The van der Waals surface area contributed by atoms with Gasteiger partial charge in [-0.25, -0.2) is 0 Å². The summed E-state index contributed by atoms with van der Waals surface area (Å²) in [6.07, 6.45) is 4.09. The molecule has 524 valence electrons. The fourth-order valence-electron chi connectivity index (χ4n) is 17.1. The number of aliphatic imine (C=N–C) groups is 2. The molecule has 2 aromatic heterocycles. The van der Waals surface area contributed by atoms with E-state index in [1.54, 1.807) is 0 Å². The number of unbranched alkanes of at least 4 members (excludes halogenated alkanes) is 2. The summed E-state index contributed by atoms with van der Waals surface area (Å²) >= 11 is 0. The van der Waals surface area contributed by atoms with Gasteiger partial charge in [-0.1, -0.05) is 0 Å². The molecule has 0 saturated carbocycles. The third-order valence-electron chi connectivity index (χ3n) is 20.5. The molecule has 33 heteroatoms. The van der Waals surface area contributed by atoms with E-state index in [1.165, 1.54) is 7.11 Å². The standard InChI is InChI=1S/C64H86N10O16S4Si3/c1-7-34-73(36-19-42-91(76,77)78,35-18-8-9-33-56(75)88-2)40-23-46-95(3,4)89-97(90-96(5,6)47-24-41-74(37-20-43-92(79,80)81,38-21-44-93(82,83)84)39-22-45-94(85,86)87)69-57-48-25-10-11-26-49(48)58(69)66-60-52-29-14-15-30-53(52)62(71(60)97)68-64-55-32-17-16-31-54(55)63(72(64)97)67-61-51-28-13-12-27-50(51)59(65-57)70(61)97/h10-17,25-32H,7-9,18-24,33-47H2,1-6H3,(H2-2,76,77,78,79,80,81,82,83,84,85,86,87)/p+2. The van der Waals surface area contributed by atoms with Gasteiger partial charge in [0.05, 0.1) is 7.11 Å². The zero-order valence-electron chi connectivity index (χ0n) is 55.7. The Bertz CT molecular complexity index is 4750. The van der Waals surface area contributed by atoms with Gasteiger partial charge in [0.15, 0.2) is 0 Å². The second-order valence-electron chi connectivity index (χ2n) is 28.3. The van der Waals surface area contributed by atoms with Crippen molar-refractivity contribution in [3.05, 3.63) is 130 Å². The molecule has 12 rings (SSSR count). The molecule has 26 nitrogen and oxygen atoms in total. The normalized spacial score (nSPS) is 18.3. The number of ether oxygens (including phenoxy) is 1. The summed E-state index contributed by atoms with van der Waals surface area (Å²) in [5, 5.41) is 3.10. The number of quaternary nitrogens is 2. The third kappa shape index (κ3) is 12.4. The number of carbonyl (C=O) groups excluding carboxylic acids is 1. The number of hydrogen-bond donors (Lipinski definition) is 4. The van der Waals surface area contributed by atoms with Gasteiger partial charge in [-0.15, -0.1) is 0 Å². The van der Waals surface area contributed by atoms with Crippen LogP contribution in [0.1, 0.15) is 99.8 Å². The molecular formula is C64H88N10O16S4Si3+2. The number of benzene rings is 4. The summed E-state index contributed by atoms with van der Waals surface area (Å²) in [6.45, 7) is 13.7. The van der Waals surface area contributed by atoms with E-state index < -0.39 is 87.9 Å². The van der Waals surface area contributed by atoms with Crippen molar-refractivity contribution in [1.82, 2.24) is 8.47 Å². The van der Waals surface area contributed by atoms with Crippen LogP contribution in [0.15, 0.2) is 117 Å². The van der Waals surface area contributed by atoms with Crippen molar-refractivity contribution >= 4 is 127 Å². The van der Waals surface area contributed by atoms with Crippen LogP contribution in [0.25, 0.3) is 21.5 Å². The molecule has 6 aliphatic heterocycles. The number of esters is 1. The van der Waals surface area contributed by atoms with Gasteiger partial charge in [0.2, 0.25) is 0 Å². The fraction of sp³-hybridized carbons (Fsp3) is 0.484. The molecule has 8 heterocycles. The van der Waals surface area contributed by atoms with Gasteiger partial charge < -0.3 is 4.74 Å². The Hall–Kier alpha value is -6.16. The van der Waals surface area contributed by atoms with Crippen LogP contribution in [-0.4, -0.2) is 214 Å². The topological polar surface area (TPSA) is 328 Å². The molecule has 0 saturated heterocycles. The van der Waals surface area contributed by atoms with Crippen LogP contribution >= 0.6 is 0 Å². The monoisotopic (exact) mass is 1460 g/mol. The summed E-state index contributed by atoms with van der Waals surface area (Å²) in [7, 11) is -31.0. The Labute approximate surface area is 567 Å². The molecule has 0 bridgehead atoms. The summed E-state index contributed by atoms with van der Waals surface area (Å²) in [4.78, 5) is 35.6. The fourth-order valence-corrected chi connectivity index (χ4v) is 41.3. The molecule has 97 heavy (non-hydrogen) atoms. The average molecular weight is 1470 g/mol. The van der Waals surface area contributed by atoms with Crippen LogP contribution in [-0.2, 0) is 58.2 Å². The van der Waals surface area contributed by atoms with Crippen LogP contribution in [0, 0.1) is 0 Å². The van der Waals surface area contributed by atoms with E-state index >= 15 is 0 Å². The molecule has 0 aliphatic carbocycles. The van der Waals surface area contributed by atoms with E-state index in [-0.39, 0.29) is 68.7 Å². The first-order valence-electron chi connectivity index (χ1n) is 33.4. The van der Waals surface area contributed by atoms with E-state index in [0.717, 1.165) is 69.6 Å². The van der Waals surface area contributed by atoms with Crippen LogP contribution in [0.3, 0.4) is 0 Å². The Morgan fingerprint density at radius 2 is 0.814 bits per heavy atom. The molecular weight excluding hydrogens is 1380 g/mol. The predicted molar refractivity (Wildman–Crippen MR) is 377 cm³/mol. The van der Waals surface area contributed by atoms with Gasteiger partial charge in [-0.3, -0.25) is 4.79 Å². The molecule has 1 unspecified atom stereocenters. The Morgan fingerprint density at radius 1 is 0.464 bits per heavy atom. The molecule has 6 aliphatic rings. The molecule has 1 spiro atoms. The first-order chi connectivity index (χ1) is 45.7. The number of fused-ring (bicyclic) bond motifs is 12. The summed E-state index contributed by atoms with van der Waals surface area (Å²) in [6, 6.07) is 33.1. The second kappa shape index (κ2) is 25.2. The first kappa shape index (κ1) is 70.7. The Morgan fingerprint density at radius 3 is 1.20 bits per heavy atom. The molecule has 0 radical (unpaired) electrons. The number of carbonyl (C=O) groups is 1. The Balaban J connectivity index is 1.11. The number of methoxy groups -OCH3 is 1. The van der Waals surface area contributed by atoms with Crippen molar-refractivity contribution in [2.45, 2.75) is 116 Å². The maximum atomic E-state index is 12.4. The van der Waals surface area contributed by atoms with Crippen molar-refractivity contribution in [2.24, 2.45) is 20.0 Å². The minimum absolute atomic E-state index is 0.0329. The van der Waals surface area contributed by atoms with Gasteiger partial charge in [0.1, 0.15) is 0 Å². The van der Waals surface area contributed by atoms with E-state index in [0.29, 0.717) is 101 Å². The number of nitrogens with zero attached hydrogens (tertiary/aromatic N) is 10. The van der Waals surface area contributed by atoms with Crippen molar-refractivity contribution in [2.75, 3.05) is 82.5 Å². The van der Waals surface area contributed by atoms with Gasteiger partial charge >= 0.3 is 555 Å². The number of aromatic nitrogens is 2. The van der Waals surface area contributed by atoms with Gasteiger partial charge in [-0.2, -0.15) is 0 Å². The maximum absolute atomic E-state index is 12.4. The zero-order chi connectivity index (χ0) is 69.5. The van der Waals surface area contributed by atoms with Gasteiger partial charge in [0, 0.05) is 0 Å². The molecule has 6 aromatic rings. The Kier molecular flexibility index (Phi) is 18.3. The van der Waals surface area contributed by atoms with Crippen LogP contribution < -0.4 is 11.0 Å². The summed E-state index contributed by atoms with van der Waals surface area (Å²) < 4.78 is 172. The number of rotatable bonds is 36. The number of hydrogen-bond acceptors (Lipinski definition) is 16. The van der Waals surface area contributed by atoms with Crippen LogP contribution in [0.2, 0.25) is 38.3 Å². The van der Waals surface area contributed by atoms with E-state index in [9.17, 15) is 64.9 Å². The summed E-state index contributed by atoms with van der Waals surface area (Å²) in [5.41, 5.74) is 4.16. The minimum atomic E-state index is -7.33. The van der Waals surface area contributed by atoms with Crippen molar-refractivity contribution < 1.29 is 87.1 Å². The molecule has 1 atom stereocenters. The zero-order valence-corrected chi connectivity index (χ0v) is 62.0. The van der Waals surface area contributed by atoms with Gasteiger partial charge in [0.25, 0.3) is 0 Å². The second-order valence-corrected chi connectivity index (χ2v) is 48.9. The third-order valence-corrected chi connectivity index (χ3v) is 40.4. The van der Waals surface area contributed by atoms with Crippen molar-refractivity contribution in [3.63, 3.8) is 0 Å². The first-order valence-corrected chi connectivity index (χ1v) is 48.7. The quantitative estimate of drug-likeness (QED) is 0.00976. The van der Waals surface area contributed by atoms with Crippen LogP contribution in [0.5, 0.6) is 0 Å². The SMILES string of the molecule is CCC[N+](CCCCCC(=O)OC)(CCC[Si](C)(C)O[Si-2]123(O[Si](C)(C)CCC[N+](CCCS(=O)(=O)O)(CCCS(=O)(=O)O)CCCS(=O)(=O)O)n4c5c6ccccc6c4N=C4c6ccccc6C(=[N+]41)N=c1c4ccccc4c(n12)=NC1=[N+]3C(=N5)c2ccccc21)CCCS(=O)(=O)O. The summed E-state index contributed by atoms with van der Waals surface area (Å²) in [5.74, 6) is 0.603. The van der Waals surface area contributed by atoms with Crippen LogP contribution in [0.4, 0.5) is 11.6 Å². The van der Waals surface area contributed by atoms with E-state index in [4.69, 9.17) is 24.7 Å².